The topological polar surface area (TPSA) is 61.5 Å². The smallest absolute Gasteiger partial charge is 0.230 e. The minimum atomic E-state index is -0.0724. The Bertz CT molecular complexity index is 454. The van der Waals surface area contributed by atoms with Crippen LogP contribution in [0.2, 0.25) is 0 Å². The molecule has 0 aliphatic heterocycles. The number of carbonyl (C=O) groups excluding carboxylic acids is 1. The Kier molecular flexibility index (Phi) is 1.96. The number of rotatable bonds is 2. The van der Waals surface area contributed by atoms with Crippen LogP contribution in [0.3, 0.4) is 0 Å². The van der Waals surface area contributed by atoms with Crippen molar-refractivity contribution in [3.63, 3.8) is 0 Å². The summed E-state index contributed by atoms with van der Waals surface area (Å²) in [7, 11) is 0. The summed E-state index contributed by atoms with van der Waals surface area (Å²) in [6.07, 6.45) is 3.21. The van der Waals surface area contributed by atoms with E-state index in [-0.39, 0.29) is 5.78 Å². The summed E-state index contributed by atoms with van der Waals surface area (Å²) >= 11 is 0. The molecule has 0 unspecified atom stereocenters. The van der Waals surface area contributed by atoms with Crippen molar-refractivity contribution in [3.05, 3.63) is 41.2 Å². The number of imidazole rings is 1. The van der Waals surface area contributed by atoms with Crippen molar-refractivity contribution < 1.29 is 4.79 Å². The lowest BCUT2D eigenvalue weighted by molar-refractivity contribution is 0.103. The maximum Gasteiger partial charge on any atom is 0.230 e. The molecule has 14 heavy (non-hydrogen) atoms. The van der Waals surface area contributed by atoms with Gasteiger partial charge in [0, 0.05) is 29.3 Å². The van der Waals surface area contributed by atoms with Gasteiger partial charge in [0.25, 0.3) is 0 Å². The average Bonchev–Trinajstić information content (AvgIpc) is 2.73. The molecule has 0 aliphatic rings. The number of aryl methyl sites for hydroxylation is 2. The van der Waals surface area contributed by atoms with Gasteiger partial charge in [0.1, 0.15) is 0 Å². The number of H-pyrrole nitrogens is 2. The van der Waals surface area contributed by atoms with Crippen LogP contribution >= 0.6 is 0 Å². The molecule has 2 rings (SSSR count). The molecule has 4 nitrogen and oxygen atoms in total. The summed E-state index contributed by atoms with van der Waals surface area (Å²) < 4.78 is 0. The Morgan fingerprint density at radius 1 is 1.43 bits per heavy atom. The number of hydrogen-bond acceptors (Lipinski definition) is 2. The number of aromatic nitrogens is 3. The van der Waals surface area contributed by atoms with Gasteiger partial charge in [-0.3, -0.25) is 4.79 Å². The van der Waals surface area contributed by atoms with Gasteiger partial charge in [-0.1, -0.05) is 0 Å². The zero-order valence-electron chi connectivity index (χ0n) is 8.09. The van der Waals surface area contributed by atoms with Gasteiger partial charge in [-0.15, -0.1) is 0 Å². The van der Waals surface area contributed by atoms with E-state index in [9.17, 15) is 4.79 Å². The monoisotopic (exact) mass is 189 g/mol. The maximum absolute atomic E-state index is 11.8. The van der Waals surface area contributed by atoms with E-state index in [0.29, 0.717) is 11.4 Å². The SMILES string of the molecule is Cc1cc(C(=O)c2ncc[nH]2)c(C)[nH]1. The first-order valence-electron chi connectivity index (χ1n) is 4.39. The van der Waals surface area contributed by atoms with Crippen molar-refractivity contribution >= 4 is 5.78 Å². The standard InChI is InChI=1S/C10H11N3O/c1-6-5-8(7(2)13-6)9(14)10-11-3-4-12-10/h3-5,13H,1-2H3,(H,11,12). The first-order valence-corrected chi connectivity index (χ1v) is 4.39. The molecule has 0 saturated carbocycles. The second-order valence-corrected chi connectivity index (χ2v) is 3.26. The van der Waals surface area contributed by atoms with E-state index in [1.807, 2.05) is 19.9 Å². The Morgan fingerprint density at radius 3 is 2.71 bits per heavy atom. The largest absolute Gasteiger partial charge is 0.362 e. The summed E-state index contributed by atoms with van der Waals surface area (Å²) in [6, 6.07) is 1.83. The highest BCUT2D eigenvalue weighted by Gasteiger charge is 2.15. The Balaban J connectivity index is 2.41. The van der Waals surface area contributed by atoms with Gasteiger partial charge in [-0.2, -0.15) is 0 Å². The van der Waals surface area contributed by atoms with Gasteiger partial charge < -0.3 is 9.97 Å². The third-order valence-electron chi connectivity index (χ3n) is 2.11. The molecule has 0 aromatic carbocycles. The van der Waals surface area contributed by atoms with Gasteiger partial charge in [0.05, 0.1) is 0 Å². The van der Waals surface area contributed by atoms with Crippen LogP contribution in [0.25, 0.3) is 0 Å². The molecular formula is C10H11N3O. The Labute approximate surface area is 81.4 Å². The van der Waals surface area contributed by atoms with E-state index < -0.39 is 0 Å². The molecule has 2 aromatic heterocycles. The zero-order chi connectivity index (χ0) is 10.1. The second kappa shape index (κ2) is 3.14. The number of nitrogens with zero attached hydrogens (tertiary/aromatic N) is 1. The average molecular weight is 189 g/mol. The molecule has 4 heteroatoms. The fourth-order valence-corrected chi connectivity index (χ4v) is 1.48. The molecule has 2 N–H and O–H groups in total. The van der Waals surface area contributed by atoms with Crippen molar-refractivity contribution in [2.45, 2.75) is 13.8 Å². The van der Waals surface area contributed by atoms with Gasteiger partial charge in [-0.05, 0) is 19.9 Å². The summed E-state index contributed by atoms with van der Waals surface area (Å²) in [5, 5.41) is 0. The van der Waals surface area contributed by atoms with Crippen molar-refractivity contribution in [2.24, 2.45) is 0 Å². The summed E-state index contributed by atoms with van der Waals surface area (Å²) in [5.41, 5.74) is 2.54. The van der Waals surface area contributed by atoms with Crippen molar-refractivity contribution in [1.29, 1.82) is 0 Å². The first-order chi connectivity index (χ1) is 6.68. The van der Waals surface area contributed by atoms with Gasteiger partial charge in [-0.25, -0.2) is 4.98 Å². The molecule has 2 aromatic rings. The van der Waals surface area contributed by atoms with E-state index >= 15 is 0 Å². The molecular weight excluding hydrogens is 178 g/mol. The number of nitrogens with one attached hydrogen (secondary N) is 2. The fraction of sp³-hybridized carbons (Fsp3) is 0.200. The second-order valence-electron chi connectivity index (χ2n) is 3.26. The molecule has 0 amide bonds. The zero-order valence-corrected chi connectivity index (χ0v) is 8.09. The third kappa shape index (κ3) is 1.35. The van der Waals surface area contributed by atoms with Gasteiger partial charge in [0.15, 0.2) is 5.82 Å². The molecule has 2 heterocycles. The molecule has 0 spiro atoms. The summed E-state index contributed by atoms with van der Waals surface area (Å²) in [5.74, 6) is 0.309. The lowest BCUT2D eigenvalue weighted by atomic mass is 10.1. The van der Waals surface area contributed by atoms with Crippen LogP contribution in [0.4, 0.5) is 0 Å². The molecule has 0 radical (unpaired) electrons. The van der Waals surface area contributed by atoms with Crippen LogP contribution in [0.15, 0.2) is 18.5 Å². The van der Waals surface area contributed by atoms with Gasteiger partial charge in [0.2, 0.25) is 5.78 Å². The minimum absolute atomic E-state index is 0.0724. The number of aromatic amines is 2. The maximum atomic E-state index is 11.8. The van der Waals surface area contributed by atoms with Crippen LogP contribution < -0.4 is 0 Å². The lowest BCUT2D eigenvalue weighted by Gasteiger charge is -1.94. The molecule has 0 fully saturated rings. The molecule has 72 valence electrons. The lowest BCUT2D eigenvalue weighted by Crippen LogP contribution is -2.03. The Hall–Kier alpha value is -1.84. The van der Waals surface area contributed by atoms with Crippen molar-refractivity contribution in [3.8, 4) is 0 Å². The quantitative estimate of drug-likeness (QED) is 0.704. The van der Waals surface area contributed by atoms with Crippen molar-refractivity contribution in [1.82, 2.24) is 15.0 Å². The predicted octanol–water partition coefficient (Wildman–Crippen LogP) is 1.59. The number of ketones is 1. The van der Waals surface area contributed by atoms with E-state index in [2.05, 4.69) is 15.0 Å². The van der Waals surface area contributed by atoms with E-state index in [4.69, 9.17) is 0 Å². The van der Waals surface area contributed by atoms with Crippen LogP contribution in [0, 0.1) is 13.8 Å². The molecule has 0 aliphatic carbocycles. The van der Waals surface area contributed by atoms with E-state index in [0.717, 1.165) is 11.4 Å². The van der Waals surface area contributed by atoms with Crippen LogP contribution in [-0.4, -0.2) is 20.7 Å². The van der Waals surface area contributed by atoms with Crippen LogP contribution in [0.1, 0.15) is 27.6 Å². The normalized spacial score (nSPS) is 10.4. The number of carbonyl (C=O) groups is 1. The van der Waals surface area contributed by atoms with Gasteiger partial charge >= 0.3 is 0 Å². The number of hydrogen-bond donors (Lipinski definition) is 2. The highest BCUT2D eigenvalue weighted by molar-refractivity contribution is 6.07. The molecule has 0 atom stereocenters. The highest BCUT2D eigenvalue weighted by atomic mass is 16.1. The van der Waals surface area contributed by atoms with Crippen LogP contribution in [0.5, 0.6) is 0 Å². The van der Waals surface area contributed by atoms with Crippen molar-refractivity contribution in [2.75, 3.05) is 0 Å². The first kappa shape index (κ1) is 8.74. The third-order valence-corrected chi connectivity index (χ3v) is 2.11. The summed E-state index contributed by atoms with van der Waals surface area (Å²) in [4.78, 5) is 21.6. The highest BCUT2D eigenvalue weighted by Crippen LogP contribution is 2.12. The minimum Gasteiger partial charge on any atom is -0.362 e. The molecule has 0 bridgehead atoms. The van der Waals surface area contributed by atoms with E-state index in [1.54, 1.807) is 12.4 Å². The Morgan fingerprint density at radius 2 is 2.21 bits per heavy atom. The molecule has 0 saturated heterocycles. The predicted molar refractivity (Wildman–Crippen MR) is 52.3 cm³/mol. The van der Waals surface area contributed by atoms with E-state index in [1.165, 1.54) is 0 Å². The summed E-state index contributed by atoms with van der Waals surface area (Å²) in [6.45, 7) is 3.80. The fourth-order valence-electron chi connectivity index (χ4n) is 1.48. The van der Waals surface area contributed by atoms with Crippen LogP contribution in [-0.2, 0) is 0 Å².